The number of hydrogen-bond donors (Lipinski definition) is 0. The number of carbonyl (C=O) groups is 1. The molecule has 2 nitrogen and oxygen atoms in total. The Balaban J connectivity index is 1.95. The molecule has 1 aromatic rings. The van der Waals surface area contributed by atoms with Gasteiger partial charge in [0.15, 0.2) is 5.78 Å². The van der Waals surface area contributed by atoms with E-state index in [2.05, 4.69) is 28.1 Å². The number of carbonyl (C=O) groups excluding carboxylic acids is 1. The first-order chi connectivity index (χ1) is 8.18. The van der Waals surface area contributed by atoms with Crippen LogP contribution in [0.15, 0.2) is 41.1 Å². The van der Waals surface area contributed by atoms with Crippen LogP contribution in [0.4, 0.5) is 0 Å². The Bertz CT molecular complexity index is 425. The molecule has 1 heterocycles. The molecule has 0 amide bonds. The zero-order chi connectivity index (χ0) is 12.3. The molecule has 0 bridgehead atoms. The molecule has 0 saturated heterocycles. The topological polar surface area (TPSA) is 26.3 Å². The van der Waals surface area contributed by atoms with Crippen LogP contribution in [0, 0.1) is 5.92 Å². The number of aryl methyl sites for hydroxylation is 1. The molecule has 17 heavy (non-hydrogen) atoms. The van der Waals surface area contributed by atoms with Crippen LogP contribution in [-0.2, 0) is 16.0 Å². The number of ketones is 1. The maximum absolute atomic E-state index is 11.8. The Hall–Kier alpha value is -1.09. The molecular weight excluding hydrogens is 280 g/mol. The summed E-state index contributed by atoms with van der Waals surface area (Å²) >= 11 is 3.20. The lowest BCUT2D eigenvalue weighted by molar-refractivity contribution is -0.123. The van der Waals surface area contributed by atoms with E-state index in [9.17, 15) is 4.79 Å². The third-order valence-corrected chi connectivity index (χ3v) is 3.69. The molecule has 1 aromatic carbocycles. The summed E-state index contributed by atoms with van der Waals surface area (Å²) in [6.45, 7) is 1.92. The molecule has 90 valence electrons. The smallest absolute Gasteiger partial charge is 0.179 e. The normalized spacial score (nSPS) is 24.1. The Kier molecular flexibility index (Phi) is 4.00. The number of Topliss-reactive ketones (excluding diaryl/α,β-unsaturated/α-hetero) is 1. The molecule has 3 heteroatoms. The van der Waals surface area contributed by atoms with Gasteiger partial charge in [0.1, 0.15) is 12.4 Å². The quantitative estimate of drug-likeness (QED) is 0.853. The van der Waals surface area contributed by atoms with Gasteiger partial charge in [-0.25, -0.2) is 0 Å². The molecule has 0 radical (unpaired) electrons. The minimum absolute atomic E-state index is 0.0102. The second-order valence-electron chi connectivity index (χ2n) is 4.32. The Morgan fingerprint density at radius 3 is 2.71 bits per heavy atom. The number of hydrogen-bond acceptors (Lipinski definition) is 2. The number of benzene rings is 1. The van der Waals surface area contributed by atoms with E-state index in [0.717, 1.165) is 12.8 Å². The molecule has 0 N–H and O–H groups in total. The lowest BCUT2D eigenvalue weighted by Gasteiger charge is -2.26. The van der Waals surface area contributed by atoms with Gasteiger partial charge in [0, 0.05) is 0 Å². The molecule has 0 spiro atoms. The summed E-state index contributed by atoms with van der Waals surface area (Å²) in [5.74, 6) is 0.0624. The van der Waals surface area contributed by atoms with Crippen molar-refractivity contribution < 1.29 is 9.53 Å². The van der Waals surface area contributed by atoms with Crippen LogP contribution in [0.3, 0.4) is 0 Å². The van der Waals surface area contributed by atoms with Crippen molar-refractivity contribution in [1.29, 1.82) is 0 Å². The highest BCUT2D eigenvalue weighted by Crippen LogP contribution is 2.26. The van der Waals surface area contributed by atoms with Gasteiger partial charge >= 0.3 is 0 Å². The third kappa shape index (κ3) is 2.97. The van der Waals surface area contributed by atoms with Gasteiger partial charge < -0.3 is 4.74 Å². The number of ether oxygens (including phenoxy) is 1. The van der Waals surface area contributed by atoms with Gasteiger partial charge in [-0.3, -0.25) is 4.79 Å². The molecule has 0 saturated carbocycles. The molecule has 0 unspecified atom stereocenters. The van der Waals surface area contributed by atoms with E-state index >= 15 is 0 Å². The number of allylic oxidation sites excluding steroid dienone is 1. The molecule has 1 aliphatic heterocycles. The molecule has 0 aromatic heterocycles. The minimum Gasteiger partial charge on any atom is -0.496 e. The highest BCUT2D eigenvalue weighted by Gasteiger charge is 2.30. The van der Waals surface area contributed by atoms with Crippen LogP contribution in [0.1, 0.15) is 18.9 Å². The van der Waals surface area contributed by atoms with Crippen LogP contribution >= 0.6 is 15.9 Å². The summed E-state index contributed by atoms with van der Waals surface area (Å²) in [7, 11) is 0. The van der Waals surface area contributed by atoms with Crippen molar-refractivity contribution in [3.8, 4) is 0 Å². The number of rotatable bonds is 3. The van der Waals surface area contributed by atoms with Crippen LogP contribution in [0.2, 0.25) is 0 Å². The summed E-state index contributed by atoms with van der Waals surface area (Å²) in [4.78, 5) is 11.8. The summed E-state index contributed by atoms with van der Waals surface area (Å²) in [6, 6.07) is 10.3. The Morgan fingerprint density at radius 2 is 2.00 bits per heavy atom. The van der Waals surface area contributed by atoms with Crippen molar-refractivity contribution in [2.24, 2.45) is 5.92 Å². The van der Waals surface area contributed by atoms with E-state index in [1.807, 2.05) is 25.1 Å². The van der Waals surface area contributed by atoms with Crippen molar-refractivity contribution in [2.75, 3.05) is 0 Å². The maximum atomic E-state index is 11.8. The lowest BCUT2D eigenvalue weighted by Crippen LogP contribution is -2.31. The van der Waals surface area contributed by atoms with E-state index in [0.29, 0.717) is 4.48 Å². The fraction of sp³-hybridized carbons (Fsp3) is 0.357. The highest BCUT2D eigenvalue weighted by molar-refractivity contribution is 9.12. The van der Waals surface area contributed by atoms with Crippen LogP contribution in [0.25, 0.3) is 0 Å². The first-order valence-corrected chi connectivity index (χ1v) is 6.57. The van der Waals surface area contributed by atoms with Gasteiger partial charge in [-0.1, -0.05) is 37.3 Å². The van der Waals surface area contributed by atoms with Gasteiger partial charge in [-0.2, -0.15) is 0 Å². The molecule has 2 atom stereocenters. The lowest BCUT2D eigenvalue weighted by atomic mass is 9.93. The zero-order valence-corrected chi connectivity index (χ0v) is 11.3. The van der Waals surface area contributed by atoms with Crippen molar-refractivity contribution >= 4 is 21.7 Å². The molecule has 1 aliphatic rings. The molecular formula is C14H15BrO2. The first kappa shape index (κ1) is 12.4. The average molecular weight is 295 g/mol. The van der Waals surface area contributed by atoms with E-state index < -0.39 is 0 Å². The minimum atomic E-state index is -0.0712. The largest absolute Gasteiger partial charge is 0.496 e. The molecule has 0 fully saturated rings. The molecule has 2 rings (SSSR count). The Morgan fingerprint density at radius 1 is 1.29 bits per heavy atom. The average Bonchev–Trinajstić information content (AvgIpc) is 2.36. The van der Waals surface area contributed by atoms with E-state index in [-0.39, 0.29) is 17.8 Å². The van der Waals surface area contributed by atoms with E-state index in [1.54, 1.807) is 0 Å². The van der Waals surface area contributed by atoms with E-state index in [1.165, 1.54) is 11.8 Å². The number of halogens is 1. The third-order valence-electron chi connectivity index (χ3n) is 3.11. The predicted octanol–water partition coefficient (Wildman–Crippen LogP) is 3.46. The van der Waals surface area contributed by atoms with Gasteiger partial charge in [-0.15, -0.1) is 0 Å². The summed E-state index contributed by atoms with van der Waals surface area (Å²) in [5.41, 5.74) is 1.28. The molecule has 0 aliphatic carbocycles. The summed E-state index contributed by atoms with van der Waals surface area (Å²) < 4.78 is 6.11. The van der Waals surface area contributed by atoms with Gasteiger partial charge in [0.25, 0.3) is 0 Å². The second-order valence-corrected chi connectivity index (χ2v) is 5.17. The van der Waals surface area contributed by atoms with Crippen molar-refractivity contribution in [2.45, 2.75) is 25.9 Å². The summed E-state index contributed by atoms with van der Waals surface area (Å²) in [5, 5.41) is 0. The van der Waals surface area contributed by atoms with Crippen LogP contribution < -0.4 is 0 Å². The fourth-order valence-corrected chi connectivity index (χ4v) is 2.45. The van der Waals surface area contributed by atoms with Crippen LogP contribution in [-0.4, -0.2) is 11.9 Å². The predicted molar refractivity (Wildman–Crippen MR) is 70.8 cm³/mol. The highest BCUT2D eigenvalue weighted by atomic mass is 79.9. The van der Waals surface area contributed by atoms with Crippen molar-refractivity contribution in [3.63, 3.8) is 0 Å². The van der Waals surface area contributed by atoms with E-state index in [4.69, 9.17) is 4.74 Å². The fourth-order valence-electron chi connectivity index (χ4n) is 1.98. The van der Waals surface area contributed by atoms with Gasteiger partial charge in [-0.05, 0) is 34.3 Å². The van der Waals surface area contributed by atoms with Gasteiger partial charge in [0.2, 0.25) is 0 Å². The maximum Gasteiger partial charge on any atom is 0.179 e. The second kappa shape index (κ2) is 5.50. The zero-order valence-electron chi connectivity index (χ0n) is 9.73. The van der Waals surface area contributed by atoms with Crippen LogP contribution in [0.5, 0.6) is 0 Å². The van der Waals surface area contributed by atoms with Crippen molar-refractivity contribution in [3.05, 3.63) is 46.6 Å². The summed E-state index contributed by atoms with van der Waals surface area (Å²) in [6.07, 6.45) is 3.32. The standard InChI is InChI=1S/C14H15BrO2/c1-10-13(17-9-12(15)14(10)16)8-7-11-5-3-2-4-6-11/h2-6,9-10,13H,7-8H2,1H3/t10-,13+/m0/s1. The monoisotopic (exact) mass is 294 g/mol. The Labute approximate surface area is 110 Å². The van der Waals surface area contributed by atoms with Gasteiger partial charge in [0.05, 0.1) is 10.4 Å². The SMILES string of the molecule is C[C@@H]1C(=O)C(Br)=CO[C@@H]1CCc1ccccc1. The first-order valence-electron chi connectivity index (χ1n) is 5.78. The van der Waals surface area contributed by atoms with Crippen molar-refractivity contribution in [1.82, 2.24) is 0 Å².